The van der Waals surface area contributed by atoms with Crippen molar-refractivity contribution < 1.29 is 4.79 Å². The van der Waals surface area contributed by atoms with Crippen LogP contribution in [-0.2, 0) is 0 Å². The number of hydrogen-bond acceptors (Lipinski definition) is 4. The molecule has 1 saturated heterocycles. The third kappa shape index (κ3) is 5.25. The van der Waals surface area contributed by atoms with E-state index in [0.29, 0.717) is 18.7 Å². The van der Waals surface area contributed by atoms with E-state index in [2.05, 4.69) is 62.5 Å². The number of piperazine rings is 1. The summed E-state index contributed by atoms with van der Waals surface area (Å²) in [5.74, 6) is 0.762. The van der Waals surface area contributed by atoms with Gasteiger partial charge in [-0.15, -0.1) is 0 Å². The molecule has 154 valence electrons. The van der Waals surface area contributed by atoms with Crippen molar-refractivity contribution in [1.29, 1.82) is 0 Å². The molecule has 1 aromatic heterocycles. The SMILES string of the molecule is CN=C(NCCNC(=O)c1cccnc1)N1CCN(c2cccc(C)c2C)CC1. The number of aromatic nitrogens is 1. The first kappa shape index (κ1) is 20.6. The maximum absolute atomic E-state index is 12.1. The third-order valence-corrected chi connectivity index (χ3v) is 5.33. The molecule has 0 unspecified atom stereocenters. The monoisotopic (exact) mass is 394 g/mol. The number of hydrogen-bond donors (Lipinski definition) is 2. The fourth-order valence-corrected chi connectivity index (χ4v) is 3.52. The average Bonchev–Trinajstić information content (AvgIpc) is 2.76. The quantitative estimate of drug-likeness (QED) is 0.460. The van der Waals surface area contributed by atoms with Crippen LogP contribution < -0.4 is 15.5 Å². The van der Waals surface area contributed by atoms with Gasteiger partial charge in [0, 0.05) is 64.4 Å². The second-order valence-corrected chi connectivity index (χ2v) is 7.16. The molecule has 0 saturated carbocycles. The van der Waals surface area contributed by atoms with Crippen LogP contribution in [0.25, 0.3) is 0 Å². The van der Waals surface area contributed by atoms with E-state index in [4.69, 9.17) is 0 Å². The zero-order valence-corrected chi connectivity index (χ0v) is 17.5. The van der Waals surface area contributed by atoms with Crippen molar-refractivity contribution in [2.24, 2.45) is 4.99 Å². The summed E-state index contributed by atoms with van der Waals surface area (Å²) < 4.78 is 0. The Morgan fingerprint density at radius 3 is 2.52 bits per heavy atom. The highest BCUT2D eigenvalue weighted by molar-refractivity contribution is 5.93. The van der Waals surface area contributed by atoms with Crippen molar-refractivity contribution in [1.82, 2.24) is 20.5 Å². The van der Waals surface area contributed by atoms with Gasteiger partial charge < -0.3 is 20.4 Å². The van der Waals surface area contributed by atoms with Gasteiger partial charge in [0.1, 0.15) is 0 Å². The molecule has 7 heteroatoms. The van der Waals surface area contributed by atoms with Gasteiger partial charge in [-0.1, -0.05) is 12.1 Å². The molecule has 0 atom stereocenters. The van der Waals surface area contributed by atoms with Gasteiger partial charge in [0.15, 0.2) is 5.96 Å². The number of nitrogens with one attached hydrogen (secondary N) is 2. The molecule has 0 bridgehead atoms. The van der Waals surface area contributed by atoms with Crippen molar-refractivity contribution in [2.75, 3.05) is 51.2 Å². The molecule has 1 amide bonds. The topological polar surface area (TPSA) is 72.9 Å². The molecule has 3 rings (SSSR count). The van der Waals surface area contributed by atoms with Crippen LogP contribution in [0.2, 0.25) is 0 Å². The Balaban J connectivity index is 1.44. The maximum atomic E-state index is 12.1. The smallest absolute Gasteiger partial charge is 0.252 e. The standard InChI is InChI=1S/C22H30N6O/c1-17-6-4-8-20(18(17)2)27-12-14-28(15-13-27)22(23-3)26-11-10-25-21(29)19-7-5-9-24-16-19/h4-9,16H,10-15H2,1-3H3,(H,23,26)(H,25,29). The number of anilines is 1. The summed E-state index contributed by atoms with van der Waals surface area (Å²) in [5.41, 5.74) is 4.58. The minimum Gasteiger partial charge on any atom is -0.368 e. The Hall–Kier alpha value is -3.09. The van der Waals surface area contributed by atoms with Crippen LogP contribution in [0.5, 0.6) is 0 Å². The maximum Gasteiger partial charge on any atom is 0.252 e. The number of pyridine rings is 1. The highest BCUT2D eigenvalue weighted by atomic mass is 16.1. The van der Waals surface area contributed by atoms with E-state index in [1.54, 1.807) is 31.6 Å². The summed E-state index contributed by atoms with van der Waals surface area (Å²) in [6.45, 7) is 9.24. The van der Waals surface area contributed by atoms with E-state index in [0.717, 1.165) is 32.1 Å². The molecule has 1 aromatic carbocycles. The fraction of sp³-hybridized carbons (Fsp3) is 0.409. The van der Waals surface area contributed by atoms with Gasteiger partial charge in [-0.05, 0) is 43.2 Å². The first-order valence-electron chi connectivity index (χ1n) is 10.0. The van der Waals surface area contributed by atoms with Crippen LogP contribution in [0.4, 0.5) is 5.69 Å². The molecule has 1 aliphatic heterocycles. The van der Waals surface area contributed by atoms with Crippen molar-refractivity contribution in [3.05, 3.63) is 59.4 Å². The highest BCUT2D eigenvalue weighted by Gasteiger charge is 2.21. The van der Waals surface area contributed by atoms with Crippen LogP contribution in [-0.4, -0.2) is 68.1 Å². The van der Waals surface area contributed by atoms with Crippen LogP contribution >= 0.6 is 0 Å². The molecular formula is C22H30N6O. The summed E-state index contributed by atoms with van der Waals surface area (Å²) in [7, 11) is 1.80. The number of amides is 1. The van der Waals surface area contributed by atoms with E-state index in [-0.39, 0.29) is 5.91 Å². The number of guanidine groups is 1. The number of aryl methyl sites for hydroxylation is 1. The lowest BCUT2D eigenvalue weighted by Crippen LogP contribution is -2.53. The number of carbonyl (C=O) groups is 1. The Bertz CT molecular complexity index is 844. The highest BCUT2D eigenvalue weighted by Crippen LogP contribution is 2.23. The molecule has 1 fully saturated rings. The first-order chi connectivity index (χ1) is 14.1. The number of benzene rings is 1. The Morgan fingerprint density at radius 1 is 1.07 bits per heavy atom. The van der Waals surface area contributed by atoms with Gasteiger partial charge in [0.05, 0.1) is 5.56 Å². The van der Waals surface area contributed by atoms with E-state index < -0.39 is 0 Å². The summed E-state index contributed by atoms with van der Waals surface area (Å²) in [5, 5.41) is 6.25. The van der Waals surface area contributed by atoms with Crippen LogP contribution in [0.1, 0.15) is 21.5 Å². The molecule has 0 radical (unpaired) electrons. The van der Waals surface area contributed by atoms with Crippen molar-refractivity contribution in [3.8, 4) is 0 Å². The van der Waals surface area contributed by atoms with Gasteiger partial charge in [-0.2, -0.15) is 0 Å². The Labute approximate surface area is 172 Å². The predicted octanol–water partition coefficient (Wildman–Crippen LogP) is 1.83. The van der Waals surface area contributed by atoms with Crippen molar-refractivity contribution in [2.45, 2.75) is 13.8 Å². The lowest BCUT2D eigenvalue weighted by molar-refractivity contribution is 0.0954. The predicted molar refractivity (Wildman–Crippen MR) is 118 cm³/mol. The molecule has 7 nitrogen and oxygen atoms in total. The molecule has 2 heterocycles. The molecule has 1 aliphatic rings. The van der Waals surface area contributed by atoms with E-state index >= 15 is 0 Å². The van der Waals surface area contributed by atoms with Crippen molar-refractivity contribution >= 4 is 17.6 Å². The lowest BCUT2D eigenvalue weighted by Gasteiger charge is -2.38. The van der Waals surface area contributed by atoms with Crippen LogP contribution in [0.3, 0.4) is 0 Å². The number of aliphatic imine (C=N–C) groups is 1. The molecule has 0 spiro atoms. The second-order valence-electron chi connectivity index (χ2n) is 7.16. The molecule has 2 N–H and O–H groups in total. The summed E-state index contributed by atoms with van der Waals surface area (Å²) in [4.78, 5) is 25.1. The van der Waals surface area contributed by atoms with Gasteiger partial charge in [0.2, 0.25) is 0 Å². The van der Waals surface area contributed by atoms with Gasteiger partial charge >= 0.3 is 0 Å². The first-order valence-corrected chi connectivity index (χ1v) is 10.0. The summed E-state index contributed by atoms with van der Waals surface area (Å²) in [6.07, 6.45) is 3.22. The summed E-state index contributed by atoms with van der Waals surface area (Å²) >= 11 is 0. The minimum atomic E-state index is -0.114. The normalized spacial score (nSPS) is 14.7. The molecule has 2 aromatic rings. The third-order valence-electron chi connectivity index (χ3n) is 5.33. The van der Waals surface area contributed by atoms with E-state index in [1.807, 2.05) is 0 Å². The number of nitrogens with zero attached hydrogens (tertiary/aromatic N) is 4. The fourth-order valence-electron chi connectivity index (χ4n) is 3.52. The Morgan fingerprint density at radius 2 is 1.83 bits per heavy atom. The largest absolute Gasteiger partial charge is 0.368 e. The summed E-state index contributed by atoms with van der Waals surface area (Å²) in [6, 6.07) is 10.0. The number of carbonyl (C=O) groups excluding carboxylic acids is 1. The van der Waals surface area contributed by atoms with E-state index in [1.165, 1.54) is 16.8 Å². The minimum absolute atomic E-state index is 0.114. The van der Waals surface area contributed by atoms with Gasteiger partial charge in [-0.3, -0.25) is 14.8 Å². The van der Waals surface area contributed by atoms with E-state index in [9.17, 15) is 4.79 Å². The lowest BCUT2D eigenvalue weighted by atomic mass is 10.1. The van der Waals surface area contributed by atoms with Gasteiger partial charge in [-0.25, -0.2) is 0 Å². The van der Waals surface area contributed by atoms with Crippen molar-refractivity contribution in [3.63, 3.8) is 0 Å². The average molecular weight is 395 g/mol. The Kier molecular flexibility index (Phi) is 7.05. The molecule has 29 heavy (non-hydrogen) atoms. The zero-order valence-electron chi connectivity index (χ0n) is 17.5. The second kappa shape index (κ2) is 9.91. The van der Waals surface area contributed by atoms with Crippen LogP contribution in [0, 0.1) is 13.8 Å². The number of rotatable bonds is 5. The molecular weight excluding hydrogens is 364 g/mol. The van der Waals surface area contributed by atoms with Crippen LogP contribution in [0.15, 0.2) is 47.7 Å². The molecule has 0 aliphatic carbocycles. The zero-order chi connectivity index (χ0) is 20.6. The van der Waals surface area contributed by atoms with Gasteiger partial charge in [0.25, 0.3) is 5.91 Å².